The Bertz CT molecular complexity index is 360. The minimum Gasteiger partial charge on any atom is -0.508 e. The predicted molar refractivity (Wildman–Crippen MR) is 68.2 cm³/mol. The zero-order valence-corrected chi connectivity index (χ0v) is 10.6. The number of benzene rings is 1. The monoisotopic (exact) mass is 236 g/mol. The molecule has 0 aliphatic heterocycles. The van der Waals surface area contributed by atoms with Crippen LogP contribution in [0.5, 0.6) is 5.75 Å². The van der Waals surface area contributed by atoms with Crippen molar-refractivity contribution < 1.29 is 9.90 Å². The highest BCUT2D eigenvalue weighted by Gasteiger charge is 2.09. The molecule has 1 unspecified atom stereocenters. The van der Waals surface area contributed by atoms with Crippen molar-refractivity contribution in [1.29, 1.82) is 0 Å². The highest BCUT2D eigenvalue weighted by Crippen LogP contribution is 2.09. The number of hydrogen-bond acceptors (Lipinski definition) is 3. The third-order valence-corrected chi connectivity index (χ3v) is 2.52. The van der Waals surface area contributed by atoms with Crippen LogP contribution in [0.4, 0.5) is 0 Å². The Morgan fingerprint density at radius 2 is 1.94 bits per heavy atom. The van der Waals surface area contributed by atoms with Gasteiger partial charge in [0.05, 0.1) is 0 Å². The maximum absolute atomic E-state index is 11.8. The van der Waals surface area contributed by atoms with Crippen LogP contribution in [0.15, 0.2) is 24.3 Å². The summed E-state index contributed by atoms with van der Waals surface area (Å²) in [5.74, 6) is 0.0680. The van der Waals surface area contributed by atoms with E-state index < -0.39 is 0 Å². The van der Waals surface area contributed by atoms with Crippen molar-refractivity contribution in [3.63, 3.8) is 0 Å². The molecule has 0 saturated heterocycles. The molecule has 0 spiro atoms. The Labute approximate surface area is 102 Å². The van der Waals surface area contributed by atoms with Crippen LogP contribution < -0.4 is 5.32 Å². The van der Waals surface area contributed by atoms with Gasteiger partial charge in [-0.1, -0.05) is 0 Å². The van der Waals surface area contributed by atoms with Gasteiger partial charge in [-0.2, -0.15) is 0 Å². The van der Waals surface area contributed by atoms with Gasteiger partial charge >= 0.3 is 0 Å². The fourth-order valence-electron chi connectivity index (χ4n) is 1.44. The lowest BCUT2D eigenvalue weighted by atomic mass is 10.1. The molecule has 1 atom stereocenters. The zero-order chi connectivity index (χ0) is 12.8. The van der Waals surface area contributed by atoms with E-state index in [0.717, 1.165) is 13.0 Å². The molecule has 17 heavy (non-hydrogen) atoms. The summed E-state index contributed by atoms with van der Waals surface area (Å²) in [6.45, 7) is 2.93. The molecule has 0 bridgehead atoms. The number of carbonyl (C=O) groups excluding carboxylic acids is 1. The fourth-order valence-corrected chi connectivity index (χ4v) is 1.44. The van der Waals surface area contributed by atoms with E-state index >= 15 is 0 Å². The van der Waals surface area contributed by atoms with Crippen LogP contribution in [-0.2, 0) is 0 Å². The van der Waals surface area contributed by atoms with Crippen molar-refractivity contribution in [2.24, 2.45) is 0 Å². The summed E-state index contributed by atoms with van der Waals surface area (Å²) < 4.78 is 0. The number of phenolic OH excluding ortho intramolecular Hbond substituents is 1. The molecule has 94 valence electrons. The molecule has 0 aromatic heterocycles. The Kier molecular flexibility index (Phi) is 4.97. The number of hydrogen-bond donors (Lipinski definition) is 2. The number of phenols is 1. The molecule has 0 heterocycles. The summed E-state index contributed by atoms with van der Waals surface area (Å²) in [6, 6.07) is 6.39. The smallest absolute Gasteiger partial charge is 0.251 e. The van der Waals surface area contributed by atoms with E-state index in [9.17, 15) is 4.79 Å². The van der Waals surface area contributed by atoms with Gasteiger partial charge in [-0.3, -0.25) is 4.79 Å². The molecule has 4 heteroatoms. The van der Waals surface area contributed by atoms with Crippen molar-refractivity contribution in [1.82, 2.24) is 10.2 Å². The molecule has 1 aromatic rings. The molecular formula is C13H20N2O2. The molecule has 0 aliphatic rings. The quantitative estimate of drug-likeness (QED) is 0.814. The first-order valence-corrected chi connectivity index (χ1v) is 5.73. The second kappa shape index (κ2) is 6.25. The Hall–Kier alpha value is -1.55. The van der Waals surface area contributed by atoms with Gasteiger partial charge < -0.3 is 15.3 Å². The van der Waals surface area contributed by atoms with Crippen molar-refractivity contribution in [2.75, 3.05) is 20.6 Å². The molecule has 0 radical (unpaired) electrons. The number of nitrogens with zero attached hydrogens (tertiary/aromatic N) is 1. The molecule has 1 aromatic carbocycles. The maximum Gasteiger partial charge on any atom is 0.251 e. The Balaban J connectivity index is 2.46. The molecular weight excluding hydrogens is 216 g/mol. The van der Waals surface area contributed by atoms with Crippen LogP contribution >= 0.6 is 0 Å². The summed E-state index contributed by atoms with van der Waals surface area (Å²) in [7, 11) is 4.02. The molecule has 1 amide bonds. The first-order chi connectivity index (χ1) is 7.99. The van der Waals surface area contributed by atoms with Crippen LogP contribution in [0.25, 0.3) is 0 Å². The van der Waals surface area contributed by atoms with E-state index in [1.165, 1.54) is 12.1 Å². The van der Waals surface area contributed by atoms with Gasteiger partial charge in [-0.05, 0) is 58.3 Å². The van der Waals surface area contributed by atoms with Crippen LogP contribution in [0.2, 0.25) is 0 Å². The zero-order valence-electron chi connectivity index (χ0n) is 10.6. The Morgan fingerprint density at radius 1 is 1.35 bits per heavy atom. The van der Waals surface area contributed by atoms with Gasteiger partial charge in [0.2, 0.25) is 0 Å². The SMILES string of the molecule is CC(CCN(C)C)NC(=O)c1ccc(O)cc1. The first-order valence-electron chi connectivity index (χ1n) is 5.73. The summed E-state index contributed by atoms with van der Waals surface area (Å²) in [5.41, 5.74) is 0.569. The van der Waals surface area contributed by atoms with Crippen LogP contribution in [-0.4, -0.2) is 42.6 Å². The largest absolute Gasteiger partial charge is 0.508 e. The first kappa shape index (κ1) is 13.5. The second-order valence-corrected chi connectivity index (χ2v) is 4.51. The summed E-state index contributed by atoms with van der Waals surface area (Å²) in [5, 5.41) is 12.1. The summed E-state index contributed by atoms with van der Waals surface area (Å²) in [6.07, 6.45) is 0.914. The van der Waals surface area contributed by atoms with Gasteiger partial charge in [-0.25, -0.2) is 0 Å². The van der Waals surface area contributed by atoms with E-state index in [2.05, 4.69) is 10.2 Å². The number of carbonyl (C=O) groups is 1. The molecule has 1 rings (SSSR count). The van der Waals surface area contributed by atoms with Gasteiger partial charge in [0, 0.05) is 11.6 Å². The standard InChI is InChI=1S/C13H20N2O2/c1-10(8-9-15(2)3)14-13(17)11-4-6-12(16)7-5-11/h4-7,10,16H,8-9H2,1-3H3,(H,14,17). The average molecular weight is 236 g/mol. The number of amides is 1. The number of aromatic hydroxyl groups is 1. The van der Waals surface area contributed by atoms with Crippen LogP contribution in [0, 0.1) is 0 Å². The summed E-state index contributed by atoms with van der Waals surface area (Å²) >= 11 is 0. The second-order valence-electron chi connectivity index (χ2n) is 4.51. The van der Waals surface area contributed by atoms with E-state index in [-0.39, 0.29) is 17.7 Å². The lowest BCUT2D eigenvalue weighted by Crippen LogP contribution is -2.34. The normalized spacial score (nSPS) is 12.5. The topological polar surface area (TPSA) is 52.6 Å². The van der Waals surface area contributed by atoms with E-state index in [0.29, 0.717) is 5.56 Å². The van der Waals surface area contributed by atoms with Gasteiger partial charge in [-0.15, -0.1) is 0 Å². The van der Waals surface area contributed by atoms with Crippen LogP contribution in [0.3, 0.4) is 0 Å². The van der Waals surface area contributed by atoms with Gasteiger partial charge in [0.15, 0.2) is 0 Å². The Morgan fingerprint density at radius 3 is 2.47 bits per heavy atom. The van der Waals surface area contributed by atoms with E-state index in [4.69, 9.17) is 5.11 Å². The van der Waals surface area contributed by atoms with Crippen molar-refractivity contribution in [3.05, 3.63) is 29.8 Å². The van der Waals surface area contributed by atoms with E-state index in [1.54, 1.807) is 12.1 Å². The van der Waals surface area contributed by atoms with Gasteiger partial charge in [0.1, 0.15) is 5.75 Å². The number of nitrogens with one attached hydrogen (secondary N) is 1. The minimum absolute atomic E-state index is 0.101. The minimum atomic E-state index is -0.101. The maximum atomic E-state index is 11.8. The third-order valence-electron chi connectivity index (χ3n) is 2.52. The molecule has 4 nitrogen and oxygen atoms in total. The fraction of sp³-hybridized carbons (Fsp3) is 0.462. The third kappa shape index (κ3) is 4.87. The lowest BCUT2D eigenvalue weighted by Gasteiger charge is -2.16. The van der Waals surface area contributed by atoms with Crippen molar-refractivity contribution in [2.45, 2.75) is 19.4 Å². The predicted octanol–water partition coefficient (Wildman–Crippen LogP) is 1.46. The van der Waals surface area contributed by atoms with Crippen molar-refractivity contribution in [3.8, 4) is 5.75 Å². The highest BCUT2D eigenvalue weighted by molar-refractivity contribution is 5.94. The lowest BCUT2D eigenvalue weighted by molar-refractivity contribution is 0.0937. The van der Waals surface area contributed by atoms with Gasteiger partial charge in [0.25, 0.3) is 5.91 Å². The molecule has 0 fully saturated rings. The van der Waals surface area contributed by atoms with Crippen LogP contribution in [0.1, 0.15) is 23.7 Å². The number of rotatable bonds is 5. The summed E-state index contributed by atoms with van der Waals surface area (Å²) in [4.78, 5) is 13.9. The molecule has 0 aliphatic carbocycles. The average Bonchev–Trinajstić information content (AvgIpc) is 2.27. The molecule has 2 N–H and O–H groups in total. The highest BCUT2D eigenvalue weighted by atomic mass is 16.3. The van der Waals surface area contributed by atoms with E-state index in [1.807, 2.05) is 21.0 Å². The molecule has 0 saturated carbocycles. The van der Waals surface area contributed by atoms with Crippen molar-refractivity contribution >= 4 is 5.91 Å².